The molecule has 1 aromatic rings. The lowest BCUT2D eigenvalue weighted by atomic mass is 9.43. The Balaban J connectivity index is 1.72. The van der Waals surface area contributed by atoms with Crippen LogP contribution in [0.2, 0.25) is 0 Å². The Kier molecular flexibility index (Phi) is 2.28. The van der Waals surface area contributed by atoms with Crippen LogP contribution >= 0.6 is 0 Å². The van der Waals surface area contributed by atoms with Crippen molar-refractivity contribution in [3.8, 4) is 0 Å². The number of hydrogen-bond donors (Lipinski definition) is 1. The van der Waals surface area contributed by atoms with Crippen molar-refractivity contribution in [3.05, 3.63) is 18.0 Å². The predicted molar refractivity (Wildman–Crippen MR) is 73.4 cm³/mol. The number of nitrogens with zero attached hydrogens (tertiary/aromatic N) is 2. The van der Waals surface area contributed by atoms with Crippen LogP contribution in [0.1, 0.15) is 57.2 Å². The summed E-state index contributed by atoms with van der Waals surface area (Å²) in [5.74, 6) is 1.71. The molecule has 4 aliphatic rings. The quantitative estimate of drug-likeness (QED) is 0.887. The maximum atomic E-state index is 11.0. The van der Waals surface area contributed by atoms with Crippen LogP contribution in [0.5, 0.6) is 0 Å². The highest BCUT2D eigenvalue weighted by molar-refractivity contribution is 5.15. The van der Waals surface area contributed by atoms with Crippen LogP contribution in [0, 0.1) is 22.7 Å². The summed E-state index contributed by atoms with van der Waals surface area (Å²) in [6.45, 7) is 2.45. The van der Waals surface area contributed by atoms with E-state index in [2.05, 4.69) is 12.0 Å². The van der Waals surface area contributed by atoms with Gasteiger partial charge in [0.15, 0.2) is 0 Å². The summed E-state index contributed by atoms with van der Waals surface area (Å²) in [6.07, 6.45) is 9.34. The van der Waals surface area contributed by atoms with E-state index in [0.717, 1.165) is 17.5 Å². The normalized spacial score (nSPS) is 45.6. The van der Waals surface area contributed by atoms with E-state index in [-0.39, 0.29) is 11.5 Å². The second kappa shape index (κ2) is 3.63. The van der Waals surface area contributed by atoms with E-state index in [1.807, 2.05) is 17.8 Å². The van der Waals surface area contributed by atoms with Crippen molar-refractivity contribution in [3.63, 3.8) is 0 Å². The topological polar surface area (TPSA) is 38.0 Å². The first-order valence-electron chi connectivity index (χ1n) is 7.66. The number of aromatic nitrogens is 2. The number of aliphatic hydroxyl groups is 1. The van der Waals surface area contributed by atoms with Crippen LogP contribution in [0.3, 0.4) is 0 Å². The van der Waals surface area contributed by atoms with Gasteiger partial charge >= 0.3 is 0 Å². The zero-order valence-corrected chi connectivity index (χ0v) is 12.0. The van der Waals surface area contributed by atoms with E-state index in [0.29, 0.717) is 5.41 Å². The maximum Gasteiger partial charge on any atom is 0.101 e. The van der Waals surface area contributed by atoms with Gasteiger partial charge in [0.05, 0.1) is 5.69 Å². The first kappa shape index (κ1) is 12.0. The molecular weight excluding hydrogens is 236 g/mol. The monoisotopic (exact) mass is 260 g/mol. The molecule has 4 saturated carbocycles. The molecule has 5 rings (SSSR count). The molecule has 1 N–H and O–H groups in total. The summed E-state index contributed by atoms with van der Waals surface area (Å²) in [4.78, 5) is 0. The minimum absolute atomic E-state index is 0.132. The summed E-state index contributed by atoms with van der Waals surface area (Å²) < 4.78 is 1.85. The molecule has 4 fully saturated rings. The number of aliphatic hydroxyl groups excluding tert-OH is 1. The van der Waals surface area contributed by atoms with Gasteiger partial charge in [0.25, 0.3) is 0 Å². The van der Waals surface area contributed by atoms with Crippen LogP contribution in [0.4, 0.5) is 0 Å². The van der Waals surface area contributed by atoms with Crippen molar-refractivity contribution in [1.82, 2.24) is 9.78 Å². The highest BCUT2D eigenvalue weighted by Crippen LogP contribution is 2.68. The van der Waals surface area contributed by atoms with E-state index >= 15 is 0 Å². The van der Waals surface area contributed by atoms with Gasteiger partial charge in [-0.15, -0.1) is 0 Å². The van der Waals surface area contributed by atoms with Crippen molar-refractivity contribution >= 4 is 0 Å². The van der Waals surface area contributed by atoms with Gasteiger partial charge in [-0.05, 0) is 61.8 Å². The molecule has 0 spiro atoms. The average molecular weight is 260 g/mol. The van der Waals surface area contributed by atoms with Crippen molar-refractivity contribution in [2.24, 2.45) is 29.7 Å². The van der Waals surface area contributed by atoms with Gasteiger partial charge < -0.3 is 5.11 Å². The minimum Gasteiger partial charge on any atom is -0.386 e. The molecule has 3 nitrogen and oxygen atoms in total. The Morgan fingerprint density at radius 2 is 2.00 bits per heavy atom. The Morgan fingerprint density at radius 3 is 2.53 bits per heavy atom. The zero-order chi connectivity index (χ0) is 13.3. The molecular formula is C16H24N2O. The first-order valence-corrected chi connectivity index (χ1v) is 7.66. The molecule has 3 atom stereocenters. The van der Waals surface area contributed by atoms with E-state index in [9.17, 15) is 5.11 Å². The fourth-order valence-corrected chi connectivity index (χ4v) is 6.08. The number of rotatable bonds is 2. The van der Waals surface area contributed by atoms with E-state index in [1.165, 1.54) is 38.5 Å². The van der Waals surface area contributed by atoms with Crippen LogP contribution in [-0.4, -0.2) is 14.9 Å². The molecule has 3 unspecified atom stereocenters. The molecule has 4 aliphatic carbocycles. The Labute approximate surface area is 115 Å². The summed E-state index contributed by atoms with van der Waals surface area (Å²) >= 11 is 0. The third-order valence-electron chi connectivity index (χ3n) is 6.12. The molecule has 19 heavy (non-hydrogen) atoms. The van der Waals surface area contributed by atoms with Crippen LogP contribution in [-0.2, 0) is 7.05 Å². The molecule has 1 aromatic heterocycles. The molecule has 0 radical (unpaired) electrons. The van der Waals surface area contributed by atoms with Gasteiger partial charge in [-0.2, -0.15) is 5.10 Å². The largest absolute Gasteiger partial charge is 0.386 e. The SMILES string of the molecule is Cn1nccc1C(O)C12CC3CC(CC(C)(C3)C1)C2. The Morgan fingerprint density at radius 1 is 1.32 bits per heavy atom. The zero-order valence-electron chi connectivity index (χ0n) is 12.0. The fourth-order valence-electron chi connectivity index (χ4n) is 6.08. The van der Waals surface area contributed by atoms with Crippen molar-refractivity contribution in [2.45, 2.75) is 51.6 Å². The lowest BCUT2D eigenvalue weighted by Crippen LogP contribution is -2.53. The van der Waals surface area contributed by atoms with Crippen LogP contribution in [0.25, 0.3) is 0 Å². The number of aryl methyl sites for hydroxylation is 1. The van der Waals surface area contributed by atoms with Gasteiger partial charge in [0, 0.05) is 18.7 Å². The van der Waals surface area contributed by atoms with Crippen molar-refractivity contribution < 1.29 is 5.11 Å². The van der Waals surface area contributed by atoms with E-state index in [1.54, 1.807) is 6.20 Å². The van der Waals surface area contributed by atoms with Gasteiger partial charge in [-0.3, -0.25) is 4.68 Å². The fraction of sp³-hybridized carbons (Fsp3) is 0.812. The molecule has 4 bridgehead atoms. The lowest BCUT2D eigenvalue weighted by Gasteiger charge is -2.62. The van der Waals surface area contributed by atoms with Gasteiger partial charge in [0.2, 0.25) is 0 Å². The highest BCUT2D eigenvalue weighted by atomic mass is 16.3. The van der Waals surface area contributed by atoms with Crippen LogP contribution < -0.4 is 0 Å². The standard InChI is InChI=1S/C16H24N2O/c1-15-6-11-5-12(7-15)9-16(8-11,10-15)14(19)13-3-4-17-18(13)2/h3-4,11-12,14,19H,5-10H2,1-2H3. The van der Waals surface area contributed by atoms with Gasteiger partial charge in [-0.1, -0.05) is 6.92 Å². The van der Waals surface area contributed by atoms with Crippen LogP contribution in [0.15, 0.2) is 12.3 Å². The molecule has 0 saturated heterocycles. The Hall–Kier alpha value is -0.830. The third-order valence-corrected chi connectivity index (χ3v) is 6.12. The van der Waals surface area contributed by atoms with Crippen molar-refractivity contribution in [2.75, 3.05) is 0 Å². The maximum absolute atomic E-state index is 11.0. The molecule has 3 heteroatoms. The molecule has 0 aromatic carbocycles. The molecule has 0 aliphatic heterocycles. The average Bonchev–Trinajstić information content (AvgIpc) is 2.71. The molecule has 1 heterocycles. The van der Waals surface area contributed by atoms with Gasteiger partial charge in [0.1, 0.15) is 6.10 Å². The Bertz CT molecular complexity index is 493. The second-order valence-electron chi connectivity index (χ2n) is 7.92. The van der Waals surface area contributed by atoms with Gasteiger partial charge in [-0.25, -0.2) is 0 Å². The minimum atomic E-state index is -0.328. The third kappa shape index (κ3) is 1.63. The predicted octanol–water partition coefficient (Wildman–Crippen LogP) is 3.06. The lowest BCUT2D eigenvalue weighted by molar-refractivity contribution is -0.156. The first-order chi connectivity index (χ1) is 9.00. The van der Waals surface area contributed by atoms with E-state index < -0.39 is 0 Å². The highest BCUT2D eigenvalue weighted by Gasteiger charge is 2.58. The smallest absolute Gasteiger partial charge is 0.101 e. The molecule has 0 amide bonds. The number of hydrogen-bond acceptors (Lipinski definition) is 2. The van der Waals surface area contributed by atoms with Crippen molar-refractivity contribution in [1.29, 1.82) is 0 Å². The summed E-state index contributed by atoms with van der Waals surface area (Å²) in [6, 6.07) is 1.99. The molecule has 104 valence electrons. The second-order valence-corrected chi connectivity index (χ2v) is 7.92. The summed E-state index contributed by atoms with van der Waals surface area (Å²) in [5, 5.41) is 15.2. The van der Waals surface area contributed by atoms with E-state index in [4.69, 9.17) is 0 Å². The summed E-state index contributed by atoms with van der Waals surface area (Å²) in [7, 11) is 1.95. The summed E-state index contributed by atoms with van der Waals surface area (Å²) in [5.41, 5.74) is 1.63.